The number of hydrogen-bond donors (Lipinski definition) is 0. The van der Waals surface area contributed by atoms with Gasteiger partial charge in [0.2, 0.25) is 0 Å². The molecule has 2 aromatic rings. The van der Waals surface area contributed by atoms with Crippen molar-refractivity contribution in [2.24, 2.45) is 0 Å². The van der Waals surface area contributed by atoms with Gasteiger partial charge in [-0.2, -0.15) is 5.26 Å². The number of rotatable bonds is 7. The first-order valence-corrected chi connectivity index (χ1v) is 8.24. The first-order chi connectivity index (χ1) is 12.6. The van der Waals surface area contributed by atoms with Gasteiger partial charge in [0.1, 0.15) is 0 Å². The third kappa shape index (κ3) is 5.91. The summed E-state index contributed by atoms with van der Waals surface area (Å²) in [6, 6.07) is 18.7. The van der Waals surface area contributed by atoms with E-state index in [2.05, 4.69) is 0 Å². The van der Waals surface area contributed by atoms with Gasteiger partial charge in [0.25, 0.3) is 5.91 Å². The van der Waals surface area contributed by atoms with Crippen LogP contribution in [0.5, 0.6) is 0 Å². The molecule has 0 fully saturated rings. The topological polar surface area (TPSA) is 70.4 Å². The van der Waals surface area contributed by atoms with E-state index in [1.807, 2.05) is 43.3 Å². The number of ether oxygens (including phenoxy) is 1. The molecule has 5 heteroatoms. The summed E-state index contributed by atoms with van der Waals surface area (Å²) in [4.78, 5) is 25.7. The molecule has 0 saturated heterocycles. The molecule has 2 rings (SSSR count). The molecule has 0 atom stereocenters. The summed E-state index contributed by atoms with van der Waals surface area (Å²) in [6.45, 7) is 1.83. The lowest BCUT2D eigenvalue weighted by Crippen LogP contribution is -2.35. The molecule has 0 aliphatic rings. The first-order valence-electron chi connectivity index (χ1n) is 8.24. The van der Waals surface area contributed by atoms with Crippen molar-refractivity contribution >= 4 is 23.6 Å². The number of benzene rings is 2. The molecule has 2 aromatic carbocycles. The summed E-state index contributed by atoms with van der Waals surface area (Å²) >= 11 is 0. The van der Waals surface area contributed by atoms with Crippen LogP contribution in [0.15, 0.2) is 60.7 Å². The predicted molar refractivity (Wildman–Crippen MR) is 100 cm³/mol. The van der Waals surface area contributed by atoms with Gasteiger partial charge in [-0.05, 0) is 30.7 Å². The normalized spacial score (nSPS) is 10.3. The molecule has 0 spiro atoms. The van der Waals surface area contributed by atoms with Gasteiger partial charge in [0.05, 0.1) is 12.5 Å². The zero-order valence-electron chi connectivity index (χ0n) is 14.6. The van der Waals surface area contributed by atoms with E-state index in [-0.39, 0.29) is 25.5 Å². The smallest absolute Gasteiger partial charge is 0.331 e. The predicted octanol–water partition coefficient (Wildman–Crippen LogP) is 3.50. The van der Waals surface area contributed by atoms with Gasteiger partial charge in [0.15, 0.2) is 6.61 Å². The molecule has 0 N–H and O–H groups in total. The molecule has 0 saturated carbocycles. The fraction of sp³-hybridized carbons (Fsp3) is 0.190. The lowest BCUT2D eigenvalue weighted by Gasteiger charge is -2.21. The van der Waals surface area contributed by atoms with E-state index in [0.29, 0.717) is 5.69 Å². The van der Waals surface area contributed by atoms with Gasteiger partial charge >= 0.3 is 5.97 Å². The van der Waals surface area contributed by atoms with Crippen molar-refractivity contribution in [1.29, 1.82) is 5.26 Å². The monoisotopic (exact) mass is 348 g/mol. The fourth-order valence-corrected chi connectivity index (χ4v) is 2.36. The fourth-order valence-electron chi connectivity index (χ4n) is 2.36. The molecule has 0 unspecified atom stereocenters. The minimum absolute atomic E-state index is 0.196. The number of nitriles is 1. The summed E-state index contributed by atoms with van der Waals surface area (Å²) in [5.74, 6) is -0.961. The minimum atomic E-state index is -0.590. The number of carbonyl (C=O) groups excluding carboxylic acids is 2. The number of anilines is 1. The highest BCUT2D eigenvalue weighted by Gasteiger charge is 2.16. The average molecular weight is 348 g/mol. The van der Waals surface area contributed by atoms with Crippen LogP contribution in [-0.4, -0.2) is 25.0 Å². The van der Waals surface area contributed by atoms with Crippen LogP contribution in [0.1, 0.15) is 17.5 Å². The van der Waals surface area contributed by atoms with Crippen molar-refractivity contribution < 1.29 is 14.3 Å². The Balaban J connectivity index is 1.94. The molecule has 132 valence electrons. The summed E-state index contributed by atoms with van der Waals surface area (Å²) in [6.07, 6.45) is 3.14. The van der Waals surface area contributed by atoms with Crippen molar-refractivity contribution in [3.63, 3.8) is 0 Å². The van der Waals surface area contributed by atoms with Crippen LogP contribution in [0, 0.1) is 18.3 Å². The Kier molecular flexibility index (Phi) is 7.14. The van der Waals surface area contributed by atoms with Crippen LogP contribution in [0.25, 0.3) is 6.08 Å². The highest BCUT2D eigenvalue weighted by Crippen LogP contribution is 2.14. The third-order valence-electron chi connectivity index (χ3n) is 3.61. The van der Waals surface area contributed by atoms with Crippen molar-refractivity contribution in [2.75, 3.05) is 18.1 Å². The first kappa shape index (κ1) is 18.9. The highest BCUT2D eigenvalue weighted by atomic mass is 16.5. The standard InChI is InChI=1S/C21H20N2O3/c1-17-7-5-8-18(15-17)11-12-21(25)26-16-20(24)23(14-6-13-22)19-9-3-2-4-10-19/h2-5,7-12,15H,6,14,16H2,1H3/b12-11+. The van der Waals surface area contributed by atoms with Gasteiger partial charge in [-0.3, -0.25) is 4.79 Å². The number of carbonyl (C=O) groups is 2. The van der Waals surface area contributed by atoms with Crippen molar-refractivity contribution in [1.82, 2.24) is 0 Å². The highest BCUT2D eigenvalue weighted by molar-refractivity contribution is 5.96. The number of esters is 1. The number of amides is 1. The Morgan fingerprint density at radius 3 is 2.62 bits per heavy atom. The van der Waals surface area contributed by atoms with Crippen LogP contribution in [0.3, 0.4) is 0 Å². The zero-order chi connectivity index (χ0) is 18.8. The van der Waals surface area contributed by atoms with Crippen LogP contribution in [0.4, 0.5) is 5.69 Å². The van der Waals surface area contributed by atoms with E-state index in [9.17, 15) is 9.59 Å². The maximum atomic E-state index is 12.4. The number of para-hydroxylation sites is 1. The Morgan fingerprint density at radius 1 is 1.15 bits per heavy atom. The molecule has 0 radical (unpaired) electrons. The van der Waals surface area contributed by atoms with E-state index in [4.69, 9.17) is 10.00 Å². The summed E-state index contributed by atoms with van der Waals surface area (Å²) in [5.41, 5.74) is 2.64. The molecule has 1 amide bonds. The molecule has 0 aliphatic carbocycles. The van der Waals surface area contributed by atoms with E-state index in [1.54, 1.807) is 30.3 Å². The Bertz CT molecular complexity index is 823. The molecule has 0 heterocycles. The van der Waals surface area contributed by atoms with Gasteiger partial charge in [-0.15, -0.1) is 0 Å². The van der Waals surface area contributed by atoms with Crippen molar-refractivity contribution in [3.05, 3.63) is 71.8 Å². The van der Waals surface area contributed by atoms with Gasteiger partial charge in [0, 0.05) is 18.3 Å². The summed E-state index contributed by atoms with van der Waals surface area (Å²) in [7, 11) is 0. The zero-order valence-corrected chi connectivity index (χ0v) is 14.6. The molecule has 26 heavy (non-hydrogen) atoms. The number of nitrogens with zero attached hydrogens (tertiary/aromatic N) is 2. The molecule has 0 bridgehead atoms. The lowest BCUT2D eigenvalue weighted by molar-refractivity contribution is -0.142. The van der Waals surface area contributed by atoms with E-state index in [1.165, 1.54) is 11.0 Å². The number of aryl methyl sites for hydroxylation is 1. The second-order valence-electron chi connectivity index (χ2n) is 5.64. The molecule has 5 nitrogen and oxygen atoms in total. The van der Waals surface area contributed by atoms with E-state index >= 15 is 0 Å². The number of hydrogen-bond acceptors (Lipinski definition) is 4. The van der Waals surface area contributed by atoms with Crippen LogP contribution < -0.4 is 4.90 Å². The second-order valence-corrected chi connectivity index (χ2v) is 5.64. The van der Waals surface area contributed by atoms with E-state index in [0.717, 1.165) is 11.1 Å². The largest absolute Gasteiger partial charge is 0.452 e. The van der Waals surface area contributed by atoms with Crippen molar-refractivity contribution in [2.45, 2.75) is 13.3 Å². The third-order valence-corrected chi connectivity index (χ3v) is 3.61. The quantitative estimate of drug-likeness (QED) is 0.567. The van der Waals surface area contributed by atoms with Crippen molar-refractivity contribution in [3.8, 4) is 6.07 Å². The SMILES string of the molecule is Cc1cccc(/C=C/C(=O)OCC(=O)N(CCC#N)c2ccccc2)c1. The van der Waals surface area contributed by atoms with Crippen LogP contribution >= 0.6 is 0 Å². The molecular weight excluding hydrogens is 328 g/mol. The van der Waals surface area contributed by atoms with Crippen LogP contribution in [-0.2, 0) is 14.3 Å². The lowest BCUT2D eigenvalue weighted by atomic mass is 10.1. The maximum Gasteiger partial charge on any atom is 0.331 e. The second kappa shape index (κ2) is 9.80. The van der Waals surface area contributed by atoms with Gasteiger partial charge in [-0.25, -0.2) is 4.79 Å². The van der Waals surface area contributed by atoms with Crippen LogP contribution in [0.2, 0.25) is 0 Å². The molecule has 0 aliphatic heterocycles. The Hall–Kier alpha value is -3.39. The Morgan fingerprint density at radius 2 is 1.92 bits per heavy atom. The maximum absolute atomic E-state index is 12.4. The average Bonchev–Trinajstić information content (AvgIpc) is 2.66. The Labute approximate surface area is 153 Å². The van der Waals surface area contributed by atoms with E-state index < -0.39 is 5.97 Å². The van der Waals surface area contributed by atoms with Gasteiger partial charge < -0.3 is 9.64 Å². The summed E-state index contributed by atoms with van der Waals surface area (Å²) in [5, 5.41) is 8.78. The summed E-state index contributed by atoms with van der Waals surface area (Å²) < 4.78 is 5.04. The van der Waals surface area contributed by atoms with Gasteiger partial charge in [-0.1, -0.05) is 48.0 Å². The molecular formula is C21H20N2O3. The minimum Gasteiger partial charge on any atom is -0.452 e. The molecule has 0 aromatic heterocycles.